The number of nitrogens with one attached hydrogen (secondary N) is 4. The molecule has 7 rings (SSSR count). The maximum atomic E-state index is 14.0. The predicted octanol–water partition coefficient (Wildman–Crippen LogP) is 5.40. The molecule has 5 N–H and O–H groups in total. The van der Waals surface area contributed by atoms with E-state index in [0.29, 0.717) is 40.5 Å². The van der Waals surface area contributed by atoms with Gasteiger partial charge in [-0.2, -0.15) is 5.10 Å². The molecular weight excluding hydrogens is 535 g/mol. The molecule has 0 atom stereocenters. The van der Waals surface area contributed by atoms with E-state index in [1.807, 2.05) is 18.2 Å². The zero-order valence-electron chi connectivity index (χ0n) is 22.5. The molecule has 1 aromatic carbocycles. The third-order valence-electron chi connectivity index (χ3n) is 7.69. The van der Waals surface area contributed by atoms with Crippen LogP contribution in [0.3, 0.4) is 0 Å². The first-order chi connectivity index (χ1) is 20.5. The zero-order valence-corrected chi connectivity index (χ0v) is 22.5. The molecule has 0 radical (unpaired) electrons. The third-order valence-corrected chi connectivity index (χ3v) is 7.69. The third kappa shape index (κ3) is 5.06. The summed E-state index contributed by atoms with van der Waals surface area (Å²) in [4.78, 5) is 29.3. The summed E-state index contributed by atoms with van der Waals surface area (Å²) in [5, 5.41) is 25.5. The number of phenolic OH excluding ortho intramolecular Hbond substituents is 1. The van der Waals surface area contributed by atoms with Crippen LogP contribution in [0.15, 0.2) is 67.4 Å². The summed E-state index contributed by atoms with van der Waals surface area (Å²) in [6.45, 7) is 1.90. The second-order valence-corrected chi connectivity index (χ2v) is 10.6. The van der Waals surface area contributed by atoms with Crippen LogP contribution in [0.5, 0.6) is 5.75 Å². The monoisotopic (exact) mass is 562 g/mol. The molecule has 1 aliphatic heterocycles. The molecule has 6 aromatic rings. The lowest BCUT2D eigenvalue weighted by molar-refractivity contribution is -0.117. The van der Waals surface area contributed by atoms with Gasteiger partial charge in [-0.3, -0.25) is 24.8 Å². The second-order valence-electron chi connectivity index (χ2n) is 10.6. The van der Waals surface area contributed by atoms with Gasteiger partial charge in [0.05, 0.1) is 46.7 Å². The maximum absolute atomic E-state index is 14.0. The van der Waals surface area contributed by atoms with Gasteiger partial charge in [-0.25, -0.2) is 4.39 Å². The van der Waals surface area contributed by atoms with Gasteiger partial charge in [-0.05, 0) is 67.7 Å². The Morgan fingerprint density at radius 3 is 2.64 bits per heavy atom. The van der Waals surface area contributed by atoms with Crippen LogP contribution in [-0.4, -0.2) is 54.2 Å². The van der Waals surface area contributed by atoms with Crippen molar-refractivity contribution < 1.29 is 14.3 Å². The molecule has 5 aromatic heterocycles. The van der Waals surface area contributed by atoms with Crippen molar-refractivity contribution in [3.63, 3.8) is 0 Å². The molecule has 1 amide bonds. The molecule has 0 saturated carbocycles. The van der Waals surface area contributed by atoms with Gasteiger partial charge in [0.15, 0.2) is 0 Å². The van der Waals surface area contributed by atoms with Crippen molar-refractivity contribution in [3.8, 4) is 39.5 Å². The molecular formula is C31H27FN8O2. The Labute approximate surface area is 239 Å². The molecule has 1 saturated heterocycles. The summed E-state index contributed by atoms with van der Waals surface area (Å²) in [6, 6.07) is 9.67. The molecule has 210 valence electrons. The van der Waals surface area contributed by atoms with E-state index in [2.05, 4.69) is 40.8 Å². The minimum Gasteiger partial charge on any atom is -0.508 e. The number of H-pyrrole nitrogens is 2. The van der Waals surface area contributed by atoms with Crippen LogP contribution in [0.1, 0.15) is 19.3 Å². The van der Waals surface area contributed by atoms with E-state index in [4.69, 9.17) is 0 Å². The van der Waals surface area contributed by atoms with Crippen LogP contribution in [-0.2, 0) is 4.79 Å². The summed E-state index contributed by atoms with van der Waals surface area (Å²) in [5.41, 5.74) is 6.17. The lowest BCUT2D eigenvalue weighted by Gasteiger charge is -2.21. The number of nitrogens with zero attached hydrogens (tertiary/aromatic N) is 4. The van der Waals surface area contributed by atoms with Crippen molar-refractivity contribution in [3.05, 3.63) is 73.2 Å². The fraction of sp³-hybridized carbons (Fsp3) is 0.194. The molecule has 10 nitrogen and oxygen atoms in total. The van der Waals surface area contributed by atoms with E-state index in [-0.39, 0.29) is 11.7 Å². The van der Waals surface area contributed by atoms with Crippen LogP contribution < -0.4 is 10.6 Å². The van der Waals surface area contributed by atoms with Gasteiger partial charge in [0.1, 0.15) is 17.3 Å². The van der Waals surface area contributed by atoms with Gasteiger partial charge in [-0.15, -0.1) is 0 Å². The summed E-state index contributed by atoms with van der Waals surface area (Å²) in [5.74, 6) is -0.307. The number of pyridine rings is 3. The molecule has 0 aliphatic carbocycles. The van der Waals surface area contributed by atoms with E-state index in [9.17, 15) is 14.3 Å². The van der Waals surface area contributed by atoms with Crippen molar-refractivity contribution in [2.24, 2.45) is 5.92 Å². The van der Waals surface area contributed by atoms with Gasteiger partial charge in [-0.1, -0.05) is 0 Å². The Hall–Kier alpha value is -5.16. The summed E-state index contributed by atoms with van der Waals surface area (Å²) in [7, 11) is 0. The number of hydrogen-bond acceptors (Lipinski definition) is 7. The molecule has 0 unspecified atom stereocenters. The summed E-state index contributed by atoms with van der Waals surface area (Å²) in [6.07, 6.45) is 10.9. The summed E-state index contributed by atoms with van der Waals surface area (Å²) < 4.78 is 14.0. The number of phenols is 1. The lowest BCUT2D eigenvalue weighted by atomic mass is 9.94. The molecule has 6 heterocycles. The number of benzene rings is 1. The number of hydrogen-bond donors (Lipinski definition) is 5. The first kappa shape index (κ1) is 25.8. The zero-order chi connectivity index (χ0) is 28.6. The Morgan fingerprint density at radius 2 is 1.79 bits per heavy atom. The molecule has 0 bridgehead atoms. The number of rotatable bonds is 6. The SMILES string of the molecule is O=C(CC1CCNCC1)Nc1cncc(-c2cc3c(-c4cc5c(-c6cc(O)cc(F)c6)cncc5[nH]4)n[nH]c3cn2)c1. The highest BCUT2D eigenvalue weighted by Crippen LogP contribution is 2.35. The number of anilines is 1. The van der Waals surface area contributed by atoms with Gasteiger partial charge in [0.25, 0.3) is 0 Å². The number of carbonyl (C=O) groups is 1. The number of aromatic amines is 2. The molecule has 1 fully saturated rings. The maximum Gasteiger partial charge on any atom is 0.224 e. The lowest BCUT2D eigenvalue weighted by Crippen LogP contribution is -2.30. The van der Waals surface area contributed by atoms with E-state index >= 15 is 0 Å². The number of carbonyl (C=O) groups excluding carboxylic acids is 1. The van der Waals surface area contributed by atoms with Gasteiger partial charge in [0, 0.05) is 46.8 Å². The highest BCUT2D eigenvalue weighted by molar-refractivity contribution is 6.01. The van der Waals surface area contributed by atoms with Crippen LogP contribution >= 0.6 is 0 Å². The van der Waals surface area contributed by atoms with Gasteiger partial charge < -0.3 is 20.7 Å². The van der Waals surface area contributed by atoms with Crippen molar-refractivity contribution in [2.45, 2.75) is 19.3 Å². The van der Waals surface area contributed by atoms with Crippen molar-refractivity contribution in [1.82, 2.24) is 35.5 Å². The Bertz CT molecular complexity index is 1920. The highest BCUT2D eigenvalue weighted by atomic mass is 19.1. The Kier molecular flexibility index (Phi) is 6.55. The molecule has 42 heavy (non-hydrogen) atoms. The quantitative estimate of drug-likeness (QED) is 0.183. The molecule has 0 spiro atoms. The molecule has 1 aliphatic rings. The van der Waals surface area contributed by atoms with Crippen LogP contribution in [0.25, 0.3) is 55.6 Å². The van der Waals surface area contributed by atoms with Crippen LogP contribution in [0, 0.1) is 11.7 Å². The standard InChI is InChI=1S/C31H27FN8O2/c32-20-6-18(8-22(41)9-20)25-14-35-15-28-23(25)10-27(38-28)31-24-11-26(36-16-29(24)39-40-31)19-7-21(13-34-12-19)37-30(42)5-17-1-3-33-4-2-17/h6-17,33,38,41H,1-5H2,(H,37,42)(H,39,40). The minimum absolute atomic E-state index is 0.0116. The molecule has 11 heteroatoms. The second kappa shape index (κ2) is 10.7. The number of fused-ring (bicyclic) bond motifs is 2. The Balaban J connectivity index is 1.20. The Morgan fingerprint density at radius 1 is 0.929 bits per heavy atom. The summed E-state index contributed by atoms with van der Waals surface area (Å²) >= 11 is 0. The number of piperidine rings is 1. The number of aromatic nitrogens is 6. The van der Waals surface area contributed by atoms with Crippen LogP contribution in [0.4, 0.5) is 10.1 Å². The highest BCUT2D eigenvalue weighted by Gasteiger charge is 2.18. The van der Waals surface area contributed by atoms with E-state index < -0.39 is 5.82 Å². The van der Waals surface area contributed by atoms with Crippen LogP contribution in [0.2, 0.25) is 0 Å². The first-order valence-corrected chi connectivity index (χ1v) is 13.8. The van der Waals surface area contributed by atoms with E-state index in [1.54, 1.807) is 31.0 Å². The van der Waals surface area contributed by atoms with Gasteiger partial charge >= 0.3 is 0 Å². The average Bonchev–Trinajstić information content (AvgIpc) is 3.61. The minimum atomic E-state index is -0.531. The van der Waals surface area contributed by atoms with Gasteiger partial charge in [0.2, 0.25) is 5.91 Å². The number of amides is 1. The first-order valence-electron chi connectivity index (χ1n) is 13.8. The van der Waals surface area contributed by atoms with E-state index in [0.717, 1.165) is 65.1 Å². The van der Waals surface area contributed by atoms with Crippen molar-refractivity contribution in [1.29, 1.82) is 0 Å². The van der Waals surface area contributed by atoms with Crippen molar-refractivity contribution in [2.75, 3.05) is 18.4 Å². The smallest absolute Gasteiger partial charge is 0.224 e. The van der Waals surface area contributed by atoms with E-state index in [1.165, 1.54) is 12.1 Å². The fourth-order valence-corrected chi connectivity index (χ4v) is 5.63. The predicted molar refractivity (Wildman–Crippen MR) is 158 cm³/mol. The average molecular weight is 563 g/mol. The normalized spacial score (nSPS) is 14.0. The van der Waals surface area contributed by atoms with Crippen molar-refractivity contribution >= 4 is 33.4 Å². The topological polar surface area (TPSA) is 144 Å². The fourth-order valence-electron chi connectivity index (χ4n) is 5.63. The number of halogens is 1. The number of aromatic hydroxyl groups is 1. The largest absolute Gasteiger partial charge is 0.508 e.